The van der Waals surface area contributed by atoms with Crippen molar-refractivity contribution in [1.29, 1.82) is 0 Å². The number of carbonyl (C=O) groups excluding carboxylic acids is 1. The summed E-state index contributed by atoms with van der Waals surface area (Å²) in [5, 5.41) is 2.64. The highest BCUT2D eigenvalue weighted by Gasteiger charge is 2.13. The Labute approximate surface area is 136 Å². The highest BCUT2D eigenvalue weighted by molar-refractivity contribution is 6.34. The molecule has 0 aliphatic heterocycles. The number of amides is 1. The third-order valence-electron chi connectivity index (χ3n) is 3.14. The number of aromatic nitrogens is 4. The first kappa shape index (κ1) is 15.1. The van der Waals surface area contributed by atoms with Gasteiger partial charge in [-0.15, -0.1) is 0 Å². The van der Waals surface area contributed by atoms with Gasteiger partial charge in [0.1, 0.15) is 29.6 Å². The largest absolute Gasteiger partial charge is 0.306 e. The van der Waals surface area contributed by atoms with E-state index in [0.717, 1.165) is 11.9 Å². The number of rotatable bonds is 3. The van der Waals surface area contributed by atoms with Crippen molar-refractivity contribution in [2.45, 2.75) is 6.92 Å². The van der Waals surface area contributed by atoms with Crippen LogP contribution in [0.25, 0.3) is 5.82 Å². The van der Waals surface area contributed by atoms with E-state index in [9.17, 15) is 9.18 Å². The Bertz CT molecular complexity index is 880. The van der Waals surface area contributed by atoms with E-state index < -0.39 is 11.7 Å². The summed E-state index contributed by atoms with van der Waals surface area (Å²) in [6.45, 7) is 1.83. The van der Waals surface area contributed by atoms with Gasteiger partial charge in [-0.25, -0.2) is 19.3 Å². The summed E-state index contributed by atoms with van der Waals surface area (Å²) in [6.07, 6.45) is 4.73. The van der Waals surface area contributed by atoms with E-state index in [1.807, 2.05) is 6.92 Å². The number of halogens is 2. The van der Waals surface area contributed by atoms with Crippen LogP contribution in [-0.4, -0.2) is 25.4 Å². The average molecular weight is 332 g/mol. The molecule has 0 aliphatic carbocycles. The predicted octanol–water partition coefficient (Wildman–Crippen LogP) is 3.02. The van der Waals surface area contributed by atoms with Gasteiger partial charge in [-0.2, -0.15) is 0 Å². The van der Waals surface area contributed by atoms with Crippen LogP contribution in [0.4, 0.5) is 10.2 Å². The van der Waals surface area contributed by atoms with Gasteiger partial charge < -0.3 is 5.32 Å². The van der Waals surface area contributed by atoms with Gasteiger partial charge in [0.05, 0.1) is 10.6 Å². The number of imidazole rings is 1. The number of nitrogens with zero attached hydrogens (tertiary/aromatic N) is 4. The maximum Gasteiger partial charge on any atom is 0.258 e. The van der Waals surface area contributed by atoms with Crippen molar-refractivity contribution in [2.75, 3.05) is 5.32 Å². The smallest absolute Gasteiger partial charge is 0.258 e. The number of hydrogen-bond donors (Lipinski definition) is 1. The molecule has 1 aromatic carbocycles. The maximum absolute atomic E-state index is 13.0. The van der Waals surface area contributed by atoms with Crippen molar-refractivity contribution < 1.29 is 9.18 Å². The molecular weight excluding hydrogens is 321 g/mol. The zero-order valence-electron chi connectivity index (χ0n) is 12.0. The fourth-order valence-electron chi connectivity index (χ4n) is 2.02. The van der Waals surface area contributed by atoms with Crippen LogP contribution < -0.4 is 5.32 Å². The Balaban J connectivity index is 1.86. The zero-order valence-corrected chi connectivity index (χ0v) is 12.8. The van der Waals surface area contributed by atoms with Crippen molar-refractivity contribution in [3.8, 4) is 5.82 Å². The fourth-order valence-corrected chi connectivity index (χ4v) is 2.28. The molecule has 0 saturated carbocycles. The molecule has 2 heterocycles. The second-order valence-corrected chi connectivity index (χ2v) is 5.09. The molecule has 0 saturated heterocycles. The van der Waals surface area contributed by atoms with E-state index in [-0.39, 0.29) is 10.6 Å². The fraction of sp³-hybridized carbons (Fsp3) is 0.0667. The molecule has 0 radical (unpaired) electrons. The van der Waals surface area contributed by atoms with E-state index in [1.54, 1.807) is 23.0 Å². The average Bonchev–Trinajstić information content (AvgIpc) is 2.93. The Morgan fingerprint density at radius 1 is 1.26 bits per heavy atom. The van der Waals surface area contributed by atoms with Crippen LogP contribution in [0.15, 0.2) is 43.0 Å². The van der Waals surface area contributed by atoms with Crippen LogP contribution in [-0.2, 0) is 0 Å². The summed E-state index contributed by atoms with van der Waals surface area (Å²) < 4.78 is 14.8. The Kier molecular flexibility index (Phi) is 4.03. The van der Waals surface area contributed by atoms with Gasteiger partial charge in [-0.3, -0.25) is 9.36 Å². The predicted molar refractivity (Wildman–Crippen MR) is 83.3 cm³/mol. The highest BCUT2D eigenvalue weighted by Crippen LogP contribution is 2.19. The molecule has 1 amide bonds. The Morgan fingerprint density at radius 3 is 2.78 bits per heavy atom. The van der Waals surface area contributed by atoms with Crippen LogP contribution in [0.2, 0.25) is 5.02 Å². The van der Waals surface area contributed by atoms with Crippen LogP contribution in [0.1, 0.15) is 16.2 Å². The maximum atomic E-state index is 13.0. The molecule has 8 heteroatoms. The number of aryl methyl sites for hydroxylation is 1. The van der Waals surface area contributed by atoms with Gasteiger partial charge in [-0.1, -0.05) is 11.6 Å². The molecule has 0 spiro atoms. The molecule has 0 atom stereocenters. The molecule has 0 fully saturated rings. The molecule has 3 rings (SSSR count). The summed E-state index contributed by atoms with van der Waals surface area (Å²) in [6, 6.07) is 5.16. The first-order valence-corrected chi connectivity index (χ1v) is 7.01. The third-order valence-corrected chi connectivity index (χ3v) is 3.46. The number of carbonyl (C=O) groups is 1. The minimum absolute atomic E-state index is 0.0298. The number of anilines is 1. The summed E-state index contributed by atoms with van der Waals surface area (Å²) in [5.74, 6) is 0.625. The quantitative estimate of drug-likeness (QED) is 0.800. The van der Waals surface area contributed by atoms with Crippen LogP contribution in [0, 0.1) is 12.7 Å². The number of benzene rings is 1. The molecule has 23 heavy (non-hydrogen) atoms. The first-order chi connectivity index (χ1) is 11.0. The molecule has 6 nitrogen and oxygen atoms in total. The molecule has 0 aliphatic rings. The molecule has 0 unspecified atom stereocenters. The monoisotopic (exact) mass is 331 g/mol. The minimum Gasteiger partial charge on any atom is -0.306 e. The second kappa shape index (κ2) is 6.13. The summed E-state index contributed by atoms with van der Waals surface area (Å²) in [7, 11) is 0. The molecule has 2 aromatic heterocycles. The third kappa shape index (κ3) is 3.19. The Hall–Kier alpha value is -2.80. The lowest BCUT2D eigenvalue weighted by Crippen LogP contribution is -2.14. The summed E-state index contributed by atoms with van der Waals surface area (Å²) in [5.41, 5.74) is 0.159. The van der Waals surface area contributed by atoms with Crippen LogP contribution >= 0.6 is 11.6 Å². The van der Waals surface area contributed by atoms with Crippen LogP contribution in [0.3, 0.4) is 0 Å². The first-order valence-electron chi connectivity index (χ1n) is 6.63. The van der Waals surface area contributed by atoms with Gasteiger partial charge in [0, 0.05) is 18.5 Å². The molecule has 116 valence electrons. The standard InChI is InChI=1S/C15H11ClFN5O/c1-9-18-4-5-22(9)14-7-13(19-8-20-14)21-15(23)11-3-2-10(17)6-12(11)16/h2-8H,1H3,(H,19,20,21,23). The number of nitrogens with one attached hydrogen (secondary N) is 1. The van der Waals surface area contributed by atoms with Crippen molar-refractivity contribution in [3.63, 3.8) is 0 Å². The van der Waals surface area contributed by atoms with E-state index in [4.69, 9.17) is 11.6 Å². The van der Waals surface area contributed by atoms with Crippen LogP contribution in [0.5, 0.6) is 0 Å². The summed E-state index contributed by atoms with van der Waals surface area (Å²) >= 11 is 5.88. The zero-order chi connectivity index (χ0) is 16.4. The lowest BCUT2D eigenvalue weighted by Gasteiger charge is -2.08. The Morgan fingerprint density at radius 2 is 2.09 bits per heavy atom. The normalized spacial score (nSPS) is 10.6. The molecule has 1 N–H and O–H groups in total. The molecule has 0 bridgehead atoms. The lowest BCUT2D eigenvalue weighted by atomic mass is 10.2. The van der Waals surface area contributed by atoms with Crippen molar-refractivity contribution in [2.24, 2.45) is 0 Å². The van der Waals surface area contributed by atoms with Crippen molar-refractivity contribution >= 4 is 23.3 Å². The molecular formula is C15H11ClFN5O. The van der Waals surface area contributed by atoms with Gasteiger partial charge in [0.25, 0.3) is 5.91 Å². The lowest BCUT2D eigenvalue weighted by molar-refractivity contribution is 0.102. The van der Waals surface area contributed by atoms with E-state index in [1.165, 1.54) is 18.5 Å². The van der Waals surface area contributed by atoms with E-state index in [0.29, 0.717) is 11.6 Å². The highest BCUT2D eigenvalue weighted by atomic mass is 35.5. The molecule has 3 aromatic rings. The SMILES string of the molecule is Cc1nccn1-c1cc(NC(=O)c2ccc(F)cc2Cl)ncn1. The van der Waals surface area contributed by atoms with Gasteiger partial charge in [-0.05, 0) is 25.1 Å². The van der Waals surface area contributed by atoms with Crippen molar-refractivity contribution in [3.05, 3.63) is 65.2 Å². The van der Waals surface area contributed by atoms with Crippen molar-refractivity contribution in [1.82, 2.24) is 19.5 Å². The van der Waals surface area contributed by atoms with E-state index >= 15 is 0 Å². The minimum atomic E-state index is -0.508. The van der Waals surface area contributed by atoms with Gasteiger partial charge in [0.15, 0.2) is 0 Å². The van der Waals surface area contributed by atoms with Gasteiger partial charge >= 0.3 is 0 Å². The second-order valence-electron chi connectivity index (χ2n) is 4.68. The number of hydrogen-bond acceptors (Lipinski definition) is 4. The topological polar surface area (TPSA) is 72.7 Å². The van der Waals surface area contributed by atoms with E-state index in [2.05, 4.69) is 20.3 Å². The summed E-state index contributed by atoms with van der Waals surface area (Å²) in [4.78, 5) is 24.5. The van der Waals surface area contributed by atoms with Gasteiger partial charge in [0.2, 0.25) is 0 Å².